The van der Waals surface area contributed by atoms with Crippen LogP contribution in [0.25, 0.3) is 0 Å². The lowest BCUT2D eigenvalue weighted by molar-refractivity contribution is -0.129. The van der Waals surface area contributed by atoms with E-state index in [1.807, 2.05) is 38.2 Å². The van der Waals surface area contributed by atoms with Gasteiger partial charge in [0.1, 0.15) is 0 Å². The van der Waals surface area contributed by atoms with Crippen molar-refractivity contribution in [3.05, 3.63) is 29.8 Å². The van der Waals surface area contributed by atoms with E-state index >= 15 is 0 Å². The van der Waals surface area contributed by atoms with Crippen molar-refractivity contribution in [3.63, 3.8) is 0 Å². The maximum atomic E-state index is 12.8. The van der Waals surface area contributed by atoms with Crippen molar-refractivity contribution < 1.29 is 13.2 Å². The molecule has 2 saturated heterocycles. The SMILES string of the molecule is Cc1ccc(SCC(=O)N2CCN(S(=O)(=O)N3CCN(C)CC3)CC2)cc1. The monoisotopic (exact) mass is 412 g/mol. The van der Waals surface area contributed by atoms with Crippen molar-refractivity contribution in [1.82, 2.24) is 18.4 Å². The number of nitrogens with zero attached hydrogens (tertiary/aromatic N) is 4. The van der Waals surface area contributed by atoms with Crippen LogP contribution in [0.4, 0.5) is 0 Å². The first kappa shape index (κ1) is 20.6. The fourth-order valence-electron chi connectivity index (χ4n) is 3.22. The van der Waals surface area contributed by atoms with E-state index in [1.165, 1.54) is 21.6 Å². The van der Waals surface area contributed by atoms with Gasteiger partial charge in [0.15, 0.2) is 0 Å². The van der Waals surface area contributed by atoms with Crippen molar-refractivity contribution >= 4 is 27.9 Å². The molecule has 3 rings (SSSR count). The summed E-state index contributed by atoms with van der Waals surface area (Å²) in [5.41, 5.74) is 1.20. The molecule has 2 heterocycles. The minimum Gasteiger partial charge on any atom is -0.339 e. The Morgan fingerprint density at radius 1 is 0.926 bits per heavy atom. The number of hydrogen-bond donors (Lipinski definition) is 0. The second-order valence-electron chi connectivity index (χ2n) is 7.09. The van der Waals surface area contributed by atoms with Crippen LogP contribution in [0, 0.1) is 6.92 Å². The summed E-state index contributed by atoms with van der Waals surface area (Å²) in [4.78, 5) is 17.4. The molecule has 1 aromatic rings. The van der Waals surface area contributed by atoms with E-state index in [2.05, 4.69) is 4.90 Å². The standard InChI is InChI=1S/C18H28N4O3S2/c1-16-3-5-17(6-4-16)26-15-18(23)20-9-13-22(14-10-20)27(24,25)21-11-7-19(2)8-12-21/h3-6H,7-15H2,1-2H3. The molecule has 150 valence electrons. The lowest BCUT2D eigenvalue weighted by Crippen LogP contribution is -2.57. The summed E-state index contributed by atoms with van der Waals surface area (Å²) in [7, 11) is -1.42. The molecule has 0 bridgehead atoms. The number of likely N-dealkylation sites (N-methyl/N-ethyl adjacent to an activating group) is 1. The molecule has 1 amide bonds. The summed E-state index contributed by atoms with van der Waals surface area (Å²) < 4.78 is 28.7. The molecule has 2 fully saturated rings. The Hall–Kier alpha value is -1.13. The Morgan fingerprint density at radius 2 is 1.44 bits per heavy atom. The van der Waals surface area contributed by atoms with E-state index in [0.29, 0.717) is 45.0 Å². The van der Waals surface area contributed by atoms with E-state index in [1.54, 1.807) is 9.21 Å². The van der Waals surface area contributed by atoms with Crippen LogP contribution in [0.15, 0.2) is 29.2 Å². The summed E-state index contributed by atoms with van der Waals surface area (Å²) >= 11 is 1.52. The van der Waals surface area contributed by atoms with Crippen LogP contribution in [0.3, 0.4) is 0 Å². The Bertz CT molecular complexity index is 738. The van der Waals surface area contributed by atoms with Crippen molar-refractivity contribution in [2.45, 2.75) is 11.8 Å². The summed E-state index contributed by atoms with van der Waals surface area (Å²) in [5, 5.41) is 0. The topological polar surface area (TPSA) is 64.2 Å². The zero-order valence-electron chi connectivity index (χ0n) is 16.0. The number of thioether (sulfide) groups is 1. The van der Waals surface area contributed by atoms with Gasteiger partial charge in [0.05, 0.1) is 5.75 Å². The summed E-state index contributed by atoms with van der Waals surface area (Å²) in [6.07, 6.45) is 0. The number of hydrogen-bond acceptors (Lipinski definition) is 5. The third-order valence-electron chi connectivity index (χ3n) is 5.09. The first-order chi connectivity index (χ1) is 12.9. The Morgan fingerprint density at radius 3 is 2.00 bits per heavy atom. The molecule has 0 spiro atoms. The summed E-state index contributed by atoms with van der Waals surface area (Å²) in [6, 6.07) is 8.12. The zero-order valence-corrected chi connectivity index (χ0v) is 17.6. The highest BCUT2D eigenvalue weighted by Crippen LogP contribution is 2.20. The largest absolute Gasteiger partial charge is 0.339 e. The fraction of sp³-hybridized carbons (Fsp3) is 0.611. The third kappa shape index (κ3) is 5.23. The second-order valence-corrected chi connectivity index (χ2v) is 10.1. The molecule has 0 N–H and O–H groups in total. The normalized spacial score (nSPS) is 20.7. The van der Waals surface area contributed by atoms with Gasteiger partial charge >= 0.3 is 0 Å². The molecular weight excluding hydrogens is 384 g/mol. The smallest absolute Gasteiger partial charge is 0.282 e. The number of aryl methyl sites for hydroxylation is 1. The van der Waals surface area contributed by atoms with Crippen LogP contribution in [0.1, 0.15) is 5.56 Å². The van der Waals surface area contributed by atoms with Crippen LogP contribution in [-0.2, 0) is 15.0 Å². The van der Waals surface area contributed by atoms with E-state index in [0.717, 1.165) is 18.0 Å². The number of rotatable bonds is 5. The molecule has 0 atom stereocenters. The molecule has 9 heteroatoms. The summed E-state index contributed by atoms with van der Waals surface area (Å²) in [6.45, 7) is 6.28. The summed E-state index contributed by atoms with van der Waals surface area (Å²) in [5.74, 6) is 0.450. The van der Waals surface area contributed by atoms with E-state index < -0.39 is 10.2 Å². The highest BCUT2D eigenvalue weighted by Gasteiger charge is 2.34. The van der Waals surface area contributed by atoms with Gasteiger partial charge in [-0.3, -0.25) is 4.79 Å². The highest BCUT2D eigenvalue weighted by molar-refractivity contribution is 8.00. The Balaban J connectivity index is 1.47. The van der Waals surface area contributed by atoms with Crippen LogP contribution in [0.5, 0.6) is 0 Å². The molecule has 27 heavy (non-hydrogen) atoms. The van der Waals surface area contributed by atoms with Crippen LogP contribution >= 0.6 is 11.8 Å². The van der Waals surface area contributed by atoms with Gasteiger partial charge in [-0.2, -0.15) is 17.0 Å². The number of benzene rings is 1. The van der Waals surface area contributed by atoms with Crippen molar-refractivity contribution in [2.24, 2.45) is 0 Å². The first-order valence-corrected chi connectivity index (χ1v) is 11.7. The van der Waals surface area contributed by atoms with Crippen molar-refractivity contribution in [3.8, 4) is 0 Å². The predicted octanol–water partition coefficient (Wildman–Crippen LogP) is 0.724. The maximum absolute atomic E-state index is 12.8. The number of carbonyl (C=O) groups is 1. The van der Waals surface area contributed by atoms with Gasteiger partial charge in [-0.1, -0.05) is 17.7 Å². The van der Waals surface area contributed by atoms with E-state index in [-0.39, 0.29) is 5.91 Å². The predicted molar refractivity (Wildman–Crippen MR) is 108 cm³/mol. The molecule has 0 aromatic heterocycles. The van der Waals surface area contributed by atoms with Gasteiger partial charge in [0, 0.05) is 57.3 Å². The van der Waals surface area contributed by atoms with Crippen molar-refractivity contribution in [1.29, 1.82) is 0 Å². The molecule has 2 aliphatic rings. The average Bonchev–Trinajstić information content (AvgIpc) is 2.68. The Kier molecular flexibility index (Phi) is 6.80. The van der Waals surface area contributed by atoms with Gasteiger partial charge in [0.25, 0.3) is 10.2 Å². The molecule has 0 unspecified atom stereocenters. The number of carbonyl (C=O) groups excluding carboxylic acids is 1. The fourth-order valence-corrected chi connectivity index (χ4v) is 5.60. The van der Waals surface area contributed by atoms with Crippen LogP contribution in [0.2, 0.25) is 0 Å². The molecule has 2 aliphatic heterocycles. The third-order valence-corrected chi connectivity index (χ3v) is 8.12. The van der Waals surface area contributed by atoms with Crippen molar-refractivity contribution in [2.75, 3.05) is 65.2 Å². The van der Waals surface area contributed by atoms with Gasteiger partial charge in [-0.25, -0.2) is 0 Å². The van der Waals surface area contributed by atoms with Gasteiger partial charge < -0.3 is 9.80 Å². The first-order valence-electron chi connectivity index (χ1n) is 9.27. The molecule has 0 radical (unpaired) electrons. The lowest BCUT2D eigenvalue weighted by Gasteiger charge is -2.39. The van der Waals surface area contributed by atoms with Crippen LogP contribution in [-0.4, -0.2) is 97.9 Å². The number of amides is 1. The van der Waals surface area contributed by atoms with Gasteiger partial charge in [0.2, 0.25) is 5.91 Å². The van der Waals surface area contributed by atoms with Crippen LogP contribution < -0.4 is 0 Å². The minimum absolute atomic E-state index is 0.0669. The average molecular weight is 413 g/mol. The molecule has 0 aliphatic carbocycles. The van der Waals surface area contributed by atoms with E-state index in [4.69, 9.17) is 0 Å². The molecule has 0 saturated carbocycles. The van der Waals surface area contributed by atoms with Gasteiger partial charge in [-0.05, 0) is 26.1 Å². The molecule has 7 nitrogen and oxygen atoms in total. The second kappa shape index (κ2) is 8.91. The van der Waals surface area contributed by atoms with E-state index in [9.17, 15) is 13.2 Å². The highest BCUT2D eigenvalue weighted by atomic mass is 32.2. The quantitative estimate of drug-likeness (QED) is 0.667. The molecule has 1 aromatic carbocycles. The maximum Gasteiger partial charge on any atom is 0.282 e. The minimum atomic E-state index is -3.42. The lowest BCUT2D eigenvalue weighted by atomic mass is 10.2. The molecular formula is C18H28N4O3S2. The zero-order chi connectivity index (χ0) is 19.4. The number of piperazine rings is 2. The van der Waals surface area contributed by atoms with Gasteiger partial charge in [-0.15, -0.1) is 11.8 Å². The Labute approximate surface area is 166 Å².